The number of ether oxygens (including phenoxy) is 1. The zero-order valence-electron chi connectivity index (χ0n) is 13.6. The van der Waals surface area contributed by atoms with Crippen molar-refractivity contribution in [2.24, 2.45) is 5.41 Å². The third kappa shape index (κ3) is 4.39. The van der Waals surface area contributed by atoms with Crippen molar-refractivity contribution in [3.8, 4) is 0 Å². The number of rotatable bonds is 5. The fourth-order valence-corrected chi connectivity index (χ4v) is 3.06. The van der Waals surface area contributed by atoms with Crippen molar-refractivity contribution in [2.45, 2.75) is 19.4 Å². The first-order valence-electron chi connectivity index (χ1n) is 7.65. The van der Waals surface area contributed by atoms with Crippen LogP contribution in [0.4, 0.5) is 0 Å². The van der Waals surface area contributed by atoms with Gasteiger partial charge in [0.25, 0.3) is 0 Å². The van der Waals surface area contributed by atoms with Crippen LogP contribution in [0, 0.1) is 5.41 Å². The number of nitrogens with one attached hydrogen (secondary N) is 3. The van der Waals surface area contributed by atoms with Gasteiger partial charge in [0.05, 0.1) is 29.6 Å². The van der Waals surface area contributed by atoms with E-state index < -0.39 is 5.41 Å². The van der Waals surface area contributed by atoms with Crippen LogP contribution in [-0.4, -0.2) is 42.7 Å². The molecule has 0 unspecified atom stereocenters. The zero-order valence-corrected chi connectivity index (χ0v) is 15.3. The number of hydrogen-bond donors (Lipinski definition) is 3. The highest BCUT2D eigenvalue weighted by Crippen LogP contribution is 2.29. The second-order valence-electron chi connectivity index (χ2n) is 5.85. The number of piperidine rings is 1. The lowest BCUT2D eigenvalue weighted by molar-refractivity contribution is -0.136. The number of amides is 1. The second-order valence-corrected chi connectivity index (χ2v) is 5.85. The maximum absolute atomic E-state index is 12.6. The minimum Gasteiger partial charge on any atom is -0.384 e. The molecule has 0 radical (unpaired) electrons. The number of para-hydroxylation sites is 2. The van der Waals surface area contributed by atoms with Gasteiger partial charge in [-0.25, -0.2) is 4.98 Å². The van der Waals surface area contributed by atoms with Crippen LogP contribution in [0.5, 0.6) is 0 Å². The molecule has 1 aromatic carbocycles. The third-order valence-electron chi connectivity index (χ3n) is 4.32. The van der Waals surface area contributed by atoms with E-state index in [-0.39, 0.29) is 30.7 Å². The topological polar surface area (TPSA) is 79.0 Å². The molecule has 0 spiro atoms. The molecule has 0 atom stereocenters. The van der Waals surface area contributed by atoms with E-state index in [2.05, 4.69) is 20.6 Å². The average Bonchev–Trinajstić information content (AvgIpc) is 2.96. The highest BCUT2D eigenvalue weighted by atomic mass is 35.5. The Morgan fingerprint density at radius 2 is 2.00 bits per heavy atom. The summed E-state index contributed by atoms with van der Waals surface area (Å²) in [6, 6.07) is 7.85. The smallest absolute Gasteiger partial charge is 0.229 e. The van der Waals surface area contributed by atoms with E-state index in [1.54, 1.807) is 7.11 Å². The Morgan fingerprint density at radius 3 is 2.67 bits per heavy atom. The van der Waals surface area contributed by atoms with Crippen molar-refractivity contribution in [1.82, 2.24) is 20.6 Å². The van der Waals surface area contributed by atoms with Gasteiger partial charge in [0, 0.05) is 7.11 Å². The normalized spacial score (nSPS) is 16.0. The number of nitrogens with zero attached hydrogens (tertiary/aromatic N) is 1. The number of halogens is 2. The summed E-state index contributed by atoms with van der Waals surface area (Å²) < 4.78 is 5.29. The molecule has 24 heavy (non-hydrogen) atoms. The zero-order chi connectivity index (χ0) is 15.4. The lowest BCUT2D eigenvalue weighted by Gasteiger charge is -2.35. The molecule has 0 saturated carbocycles. The SMILES string of the molecule is COCC1(C(=O)NCc2nc3ccccc3[nH]2)CCNCC1.Cl.Cl. The van der Waals surface area contributed by atoms with E-state index in [0.29, 0.717) is 13.2 Å². The van der Waals surface area contributed by atoms with Gasteiger partial charge in [0.1, 0.15) is 5.82 Å². The third-order valence-corrected chi connectivity index (χ3v) is 4.32. The first-order valence-corrected chi connectivity index (χ1v) is 7.65. The summed E-state index contributed by atoms with van der Waals surface area (Å²) in [5.74, 6) is 0.826. The van der Waals surface area contributed by atoms with Gasteiger partial charge in [-0.3, -0.25) is 4.79 Å². The number of benzene rings is 1. The van der Waals surface area contributed by atoms with Crippen LogP contribution in [0.2, 0.25) is 0 Å². The largest absolute Gasteiger partial charge is 0.384 e. The van der Waals surface area contributed by atoms with Crippen LogP contribution in [0.15, 0.2) is 24.3 Å². The number of methoxy groups -OCH3 is 1. The van der Waals surface area contributed by atoms with E-state index in [9.17, 15) is 4.79 Å². The van der Waals surface area contributed by atoms with E-state index in [4.69, 9.17) is 4.74 Å². The summed E-state index contributed by atoms with van der Waals surface area (Å²) in [6.07, 6.45) is 1.60. The highest BCUT2D eigenvalue weighted by Gasteiger charge is 2.39. The van der Waals surface area contributed by atoms with Crippen LogP contribution in [0.3, 0.4) is 0 Å². The number of aromatic nitrogens is 2. The van der Waals surface area contributed by atoms with Crippen LogP contribution >= 0.6 is 24.8 Å². The van der Waals surface area contributed by atoms with Crippen molar-refractivity contribution in [2.75, 3.05) is 26.8 Å². The number of carbonyl (C=O) groups is 1. The number of imidazole rings is 1. The van der Waals surface area contributed by atoms with E-state index in [1.807, 2.05) is 24.3 Å². The molecule has 2 heterocycles. The molecule has 2 aromatic rings. The Hall–Kier alpha value is -1.34. The van der Waals surface area contributed by atoms with Gasteiger partial charge in [0.15, 0.2) is 0 Å². The Labute approximate surface area is 154 Å². The molecule has 1 aromatic heterocycles. The maximum atomic E-state index is 12.6. The van der Waals surface area contributed by atoms with E-state index >= 15 is 0 Å². The minimum absolute atomic E-state index is 0. The Morgan fingerprint density at radius 1 is 1.29 bits per heavy atom. The fraction of sp³-hybridized carbons (Fsp3) is 0.500. The standard InChI is InChI=1S/C16H22N4O2.2ClH/c1-22-11-16(6-8-17-9-7-16)15(21)18-10-14-19-12-4-2-3-5-13(12)20-14;;/h2-5,17H,6-11H2,1H3,(H,18,21)(H,19,20);2*1H. The molecule has 0 bridgehead atoms. The summed E-state index contributed by atoms with van der Waals surface area (Å²) in [7, 11) is 1.65. The predicted molar refractivity (Wildman–Crippen MR) is 98.8 cm³/mol. The molecule has 3 rings (SSSR count). The van der Waals surface area contributed by atoms with Crippen molar-refractivity contribution in [1.29, 1.82) is 0 Å². The molecule has 134 valence electrons. The molecule has 0 aliphatic carbocycles. The molecule has 1 saturated heterocycles. The molecule has 1 aliphatic rings. The van der Waals surface area contributed by atoms with Crippen LogP contribution in [0.25, 0.3) is 11.0 Å². The number of aromatic amines is 1. The van der Waals surface area contributed by atoms with Crippen LogP contribution in [0.1, 0.15) is 18.7 Å². The summed E-state index contributed by atoms with van der Waals surface area (Å²) in [5, 5.41) is 6.31. The Balaban J connectivity index is 0.00000144. The first-order chi connectivity index (χ1) is 10.7. The second kappa shape index (κ2) is 9.22. The molecular formula is C16H24Cl2N4O2. The number of H-pyrrole nitrogens is 1. The average molecular weight is 375 g/mol. The molecule has 3 N–H and O–H groups in total. The van der Waals surface area contributed by atoms with Gasteiger partial charge < -0.3 is 20.4 Å². The van der Waals surface area contributed by atoms with Crippen molar-refractivity contribution < 1.29 is 9.53 Å². The van der Waals surface area contributed by atoms with Gasteiger partial charge in [-0.1, -0.05) is 12.1 Å². The molecule has 6 nitrogen and oxygen atoms in total. The summed E-state index contributed by atoms with van der Waals surface area (Å²) in [4.78, 5) is 20.4. The summed E-state index contributed by atoms with van der Waals surface area (Å²) in [5.41, 5.74) is 1.48. The maximum Gasteiger partial charge on any atom is 0.229 e. The van der Waals surface area contributed by atoms with E-state index in [0.717, 1.165) is 42.8 Å². The lowest BCUT2D eigenvalue weighted by Crippen LogP contribution is -2.50. The van der Waals surface area contributed by atoms with Gasteiger partial charge in [-0.2, -0.15) is 0 Å². The van der Waals surface area contributed by atoms with Crippen molar-refractivity contribution in [3.05, 3.63) is 30.1 Å². The summed E-state index contributed by atoms with van der Waals surface area (Å²) >= 11 is 0. The number of hydrogen-bond acceptors (Lipinski definition) is 4. The fourth-order valence-electron chi connectivity index (χ4n) is 3.06. The molecule has 1 aliphatic heterocycles. The minimum atomic E-state index is -0.425. The molecular weight excluding hydrogens is 351 g/mol. The molecule has 1 amide bonds. The van der Waals surface area contributed by atoms with Crippen LogP contribution < -0.4 is 10.6 Å². The Kier molecular flexibility index (Phi) is 7.96. The van der Waals surface area contributed by atoms with Gasteiger partial charge in [-0.15, -0.1) is 24.8 Å². The number of fused-ring (bicyclic) bond motifs is 1. The Bertz CT molecular complexity index is 618. The quantitative estimate of drug-likeness (QED) is 0.747. The lowest BCUT2D eigenvalue weighted by atomic mass is 9.78. The highest BCUT2D eigenvalue weighted by molar-refractivity contribution is 5.85. The van der Waals surface area contributed by atoms with Gasteiger partial charge in [0.2, 0.25) is 5.91 Å². The monoisotopic (exact) mass is 374 g/mol. The van der Waals surface area contributed by atoms with E-state index in [1.165, 1.54) is 0 Å². The molecule has 8 heteroatoms. The van der Waals surface area contributed by atoms with Gasteiger partial charge in [-0.05, 0) is 38.1 Å². The first kappa shape index (κ1) is 20.7. The van der Waals surface area contributed by atoms with Crippen molar-refractivity contribution in [3.63, 3.8) is 0 Å². The summed E-state index contributed by atoms with van der Waals surface area (Å²) in [6.45, 7) is 2.57. The van der Waals surface area contributed by atoms with Gasteiger partial charge >= 0.3 is 0 Å². The molecule has 1 fully saturated rings. The van der Waals surface area contributed by atoms with Crippen molar-refractivity contribution >= 4 is 41.8 Å². The predicted octanol–water partition coefficient (Wildman–Crippen LogP) is 2.04. The van der Waals surface area contributed by atoms with Crippen LogP contribution in [-0.2, 0) is 16.1 Å². The number of carbonyl (C=O) groups excluding carboxylic acids is 1.